The zero-order chi connectivity index (χ0) is 25.6. The fraction of sp³-hybridized carbons (Fsp3) is 0.435. The van der Waals surface area contributed by atoms with Gasteiger partial charge in [-0.15, -0.1) is 0 Å². The zero-order valence-corrected chi connectivity index (χ0v) is 19.3. The molecular formula is C23H25F5N4O2. The third-order valence-electron chi connectivity index (χ3n) is 5.52. The van der Waals surface area contributed by atoms with Crippen molar-refractivity contribution in [3.05, 3.63) is 58.0 Å². The van der Waals surface area contributed by atoms with Crippen LogP contribution in [-0.4, -0.2) is 39.5 Å². The lowest BCUT2D eigenvalue weighted by molar-refractivity contribution is -0.141. The molecule has 2 N–H and O–H groups in total. The Kier molecular flexibility index (Phi) is 6.60. The van der Waals surface area contributed by atoms with Gasteiger partial charge in [0.05, 0.1) is 11.3 Å². The molecule has 11 heteroatoms. The van der Waals surface area contributed by atoms with Crippen molar-refractivity contribution in [2.75, 3.05) is 6.54 Å². The molecule has 184 valence electrons. The van der Waals surface area contributed by atoms with Gasteiger partial charge in [0.2, 0.25) is 0 Å². The van der Waals surface area contributed by atoms with E-state index in [1.165, 1.54) is 0 Å². The van der Waals surface area contributed by atoms with Gasteiger partial charge in [-0.3, -0.25) is 14.7 Å². The van der Waals surface area contributed by atoms with Crippen molar-refractivity contribution in [2.24, 2.45) is 0 Å². The topological polar surface area (TPSA) is 78.1 Å². The first kappa shape index (κ1) is 25.4. The van der Waals surface area contributed by atoms with Crippen LogP contribution in [0.25, 0.3) is 5.57 Å². The van der Waals surface area contributed by atoms with Gasteiger partial charge < -0.3 is 10.2 Å². The summed E-state index contributed by atoms with van der Waals surface area (Å²) < 4.78 is 69.1. The van der Waals surface area contributed by atoms with Crippen LogP contribution in [-0.2, 0) is 16.4 Å². The number of aromatic amines is 1. The number of allylic oxidation sites excluding steroid dienone is 1. The van der Waals surface area contributed by atoms with E-state index in [0.717, 1.165) is 23.1 Å². The first-order valence-corrected chi connectivity index (χ1v) is 10.7. The van der Waals surface area contributed by atoms with Crippen LogP contribution in [0.3, 0.4) is 0 Å². The molecule has 0 unspecified atom stereocenters. The molecule has 1 aromatic heterocycles. The molecule has 2 aromatic rings. The number of hydrogen-bond donors (Lipinski definition) is 2. The number of hydrogen-bond acceptors (Lipinski definition) is 3. The van der Waals surface area contributed by atoms with E-state index in [9.17, 15) is 31.5 Å². The van der Waals surface area contributed by atoms with Crippen molar-refractivity contribution in [1.82, 2.24) is 20.4 Å². The van der Waals surface area contributed by atoms with Crippen molar-refractivity contribution >= 4 is 17.4 Å². The summed E-state index contributed by atoms with van der Waals surface area (Å²) in [7, 11) is 0. The molecule has 0 saturated heterocycles. The van der Waals surface area contributed by atoms with Crippen LogP contribution in [0, 0.1) is 11.6 Å². The number of carbonyl (C=O) groups excluding carboxylic acids is 2. The predicted octanol–water partition coefficient (Wildman–Crippen LogP) is 4.79. The van der Waals surface area contributed by atoms with Gasteiger partial charge in [-0.05, 0) is 38.5 Å². The Balaban J connectivity index is 2.34. The van der Waals surface area contributed by atoms with Crippen molar-refractivity contribution in [2.45, 2.75) is 58.7 Å². The summed E-state index contributed by atoms with van der Waals surface area (Å²) >= 11 is 0. The SMILES string of the molecule is CCC1=C(C(=O)NC(C)C)c2c(C(F)(F)F)n[nH]c2C(C)(C)CN1C(=O)c1ccc(F)c(F)c1. The minimum atomic E-state index is -4.87. The molecule has 0 atom stereocenters. The maximum absolute atomic E-state index is 13.9. The van der Waals surface area contributed by atoms with E-state index in [4.69, 9.17) is 0 Å². The van der Waals surface area contributed by atoms with Gasteiger partial charge in [-0.25, -0.2) is 8.78 Å². The number of aromatic nitrogens is 2. The Morgan fingerprint density at radius 2 is 1.85 bits per heavy atom. The fourth-order valence-electron chi connectivity index (χ4n) is 4.06. The number of halogens is 5. The second-order valence-corrected chi connectivity index (χ2v) is 9.03. The van der Waals surface area contributed by atoms with Gasteiger partial charge in [0.1, 0.15) is 0 Å². The van der Waals surface area contributed by atoms with E-state index in [-0.39, 0.29) is 35.5 Å². The molecule has 1 aliphatic rings. The predicted molar refractivity (Wildman–Crippen MR) is 114 cm³/mol. The average molecular weight is 484 g/mol. The molecule has 0 spiro atoms. The molecule has 6 nitrogen and oxygen atoms in total. The highest BCUT2D eigenvalue weighted by Crippen LogP contribution is 2.44. The third kappa shape index (κ3) is 4.55. The van der Waals surface area contributed by atoms with Crippen LogP contribution in [0.5, 0.6) is 0 Å². The summed E-state index contributed by atoms with van der Waals surface area (Å²) in [5, 5.41) is 8.51. The minimum Gasteiger partial charge on any atom is -0.350 e. The molecule has 1 aromatic carbocycles. The number of carbonyl (C=O) groups is 2. The summed E-state index contributed by atoms with van der Waals surface area (Å²) in [6.45, 7) is 7.96. The second kappa shape index (κ2) is 8.84. The van der Waals surface area contributed by atoms with Crippen LogP contribution in [0.15, 0.2) is 23.9 Å². The maximum atomic E-state index is 13.9. The number of fused-ring (bicyclic) bond motifs is 1. The van der Waals surface area contributed by atoms with Gasteiger partial charge in [0, 0.05) is 34.8 Å². The Morgan fingerprint density at radius 1 is 1.21 bits per heavy atom. The van der Waals surface area contributed by atoms with Crippen molar-refractivity contribution in [3.63, 3.8) is 0 Å². The number of nitrogens with zero attached hydrogens (tertiary/aromatic N) is 2. The quantitative estimate of drug-likeness (QED) is 0.613. The van der Waals surface area contributed by atoms with E-state index in [1.54, 1.807) is 34.6 Å². The van der Waals surface area contributed by atoms with E-state index in [2.05, 4.69) is 15.5 Å². The lowest BCUT2D eigenvalue weighted by Gasteiger charge is -2.32. The van der Waals surface area contributed by atoms with Gasteiger partial charge >= 0.3 is 6.18 Å². The van der Waals surface area contributed by atoms with E-state index < -0.39 is 52.3 Å². The Bertz CT molecular complexity index is 1160. The summed E-state index contributed by atoms with van der Waals surface area (Å²) in [5.74, 6) is -3.97. The summed E-state index contributed by atoms with van der Waals surface area (Å²) in [5.41, 5.74) is -3.28. The Hall–Kier alpha value is -3.24. The second-order valence-electron chi connectivity index (χ2n) is 9.03. The Labute approximate surface area is 193 Å². The van der Waals surface area contributed by atoms with Gasteiger partial charge in [-0.1, -0.05) is 20.8 Å². The van der Waals surface area contributed by atoms with E-state index in [1.807, 2.05) is 0 Å². The number of alkyl halides is 3. The molecule has 1 aliphatic heterocycles. The summed E-state index contributed by atoms with van der Waals surface area (Å²) in [4.78, 5) is 27.9. The fourth-order valence-corrected chi connectivity index (χ4v) is 4.06. The van der Waals surface area contributed by atoms with Gasteiger partial charge in [0.15, 0.2) is 17.3 Å². The average Bonchev–Trinajstić information content (AvgIpc) is 3.14. The lowest BCUT2D eigenvalue weighted by Crippen LogP contribution is -2.40. The maximum Gasteiger partial charge on any atom is 0.435 e. The van der Waals surface area contributed by atoms with Crippen LogP contribution in [0.4, 0.5) is 22.0 Å². The molecule has 0 bridgehead atoms. The number of rotatable bonds is 4. The van der Waals surface area contributed by atoms with Crippen molar-refractivity contribution in [1.29, 1.82) is 0 Å². The number of amides is 2. The van der Waals surface area contributed by atoms with Gasteiger partial charge in [0.25, 0.3) is 11.8 Å². The van der Waals surface area contributed by atoms with Crippen LogP contribution in [0.2, 0.25) is 0 Å². The molecule has 2 heterocycles. The highest BCUT2D eigenvalue weighted by Gasteiger charge is 2.46. The first-order chi connectivity index (χ1) is 15.7. The normalized spacial score (nSPS) is 15.9. The molecule has 0 saturated carbocycles. The highest BCUT2D eigenvalue weighted by atomic mass is 19.4. The monoisotopic (exact) mass is 484 g/mol. The van der Waals surface area contributed by atoms with Crippen LogP contribution < -0.4 is 5.32 Å². The molecule has 2 amide bonds. The molecule has 34 heavy (non-hydrogen) atoms. The van der Waals surface area contributed by atoms with E-state index in [0.29, 0.717) is 0 Å². The van der Waals surface area contributed by atoms with Crippen molar-refractivity contribution < 1.29 is 31.5 Å². The Morgan fingerprint density at radius 3 is 2.38 bits per heavy atom. The molecule has 0 fully saturated rings. The third-order valence-corrected chi connectivity index (χ3v) is 5.52. The smallest absolute Gasteiger partial charge is 0.350 e. The van der Waals surface area contributed by atoms with Crippen molar-refractivity contribution in [3.8, 4) is 0 Å². The minimum absolute atomic E-state index is 0.00820. The molecule has 3 rings (SSSR count). The number of nitrogens with one attached hydrogen (secondary N) is 2. The summed E-state index contributed by atoms with van der Waals surface area (Å²) in [6, 6.07) is 2.19. The lowest BCUT2D eigenvalue weighted by atomic mass is 9.84. The zero-order valence-electron chi connectivity index (χ0n) is 19.3. The number of H-pyrrole nitrogens is 1. The highest BCUT2D eigenvalue weighted by molar-refractivity contribution is 6.22. The molecule has 0 aliphatic carbocycles. The van der Waals surface area contributed by atoms with Crippen LogP contribution in [0.1, 0.15) is 68.3 Å². The largest absolute Gasteiger partial charge is 0.435 e. The summed E-state index contributed by atoms with van der Waals surface area (Å²) in [6.07, 6.45) is -4.87. The molecule has 0 radical (unpaired) electrons. The van der Waals surface area contributed by atoms with Gasteiger partial charge in [-0.2, -0.15) is 18.3 Å². The van der Waals surface area contributed by atoms with Crippen LogP contribution >= 0.6 is 0 Å². The first-order valence-electron chi connectivity index (χ1n) is 10.7. The number of benzene rings is 1. The standard InChI is InChI=1S/C23H25F5N4O2/c1-6-15-16(20(33)29-11(2)3)17-18(30-31-19(17)23(26,27)28)22(4,5)10-32(15)21(34)12-7-8-13(24)14(25)9-12/h7-9,11H,6,10H2,1-5H3,(H,29,33)(H,30,31). The molecular weight excluding hydrogens is 459 g/mol. The van der Waals surface area contributed by atoms with E-state index >= 15 is 0 Å².